The first kappa shape index (κ1) is 14.7. The lowest BCUT2D eigenvalue weighted by atomic mass is 10.2. The summed E-state index contributed by atoms with van der Waals surface area (Å²) in [6, 6.07) is 15.9. The molecule has 0 aliphatic carbocycles. The topological polar surface area (TPSA) is 31.2 Å². The van der Waals surface area contributed by atoms with Crippen molar-refractivity contribution in [2.45, 2.75) is 20.1 Å². The second-order valence-corrected chi connectivity index (χ2v) is 5.64. The molecule has 22 heavy (non-hydrogen) atoms. The van der Waals surface area contributed by atoms with Crippen molar-refractivity contribution in [3.05, 3.63) is 70.9 Å². The number of fused-ring (bicyclic) bond motifs is 1. The molecule has 0 unspecified atom stereocenters. The predicted octanol–water partition coefficient (Wildman–Crippen LogP) is 4.41. The first-order chi connectivity index (χ1) is 10.6. The van der Waals surface area contributed by atoms with Gasteiger partial charge in [-0.3, -0.25) is 4.79 Å². The molecule has 0 atom stereocenters. The summed E-state index contributed by atoms with van der Waals surface area (Å²) in [5.41, 5.74) is 3.31. The van der Waals surface area contributed by atoms with E-state index < -0.39 is 0 Å². The van der Waals surface area contributed by atoms with Crippen LogP contribution in [0.5, 0.6) is 0 Å². The lowest BCUT2D eigenvalue weighted by molar-refractivity contribution is -0.142. The number of hydrogen-bond acceptors (Lipinski definition) is 2. The second kappa shape index (κ2) is 6.24. The lowest BCUT2D eigenvalue weighted by Crippen LogP contribution is -1.99. The number of hydrogen-bond donors (Lipinski definition) is 0. The van der Waals surface area contributed by atoms with E-state index in [4.69, 9.17) is 16.3 Å². The molecule has 0 spiro atoms. The molecule has 0 bridgehead atoms. The van der Waals surface area contributed by atoms with E-state index in [2.05, 4.69) is 10.6 Å². The van der Waals surface area contributed by atoms with Gasteiger partial charge in [0.25, 0.3) is 0 Å². The molecule has 1 heterocycles. The van der Waals surface area contributed by atoms with Gasteiger partial charge in [-0.15, -0.1) is 0 Å². The zero-order valence-electron chi connectivity index (χ0n) is 12.3. The van der Waals surface area contributed by atoms with Gasteiger partial charge in [0, 0.05) is 41.2 Å². The van der Waals surface area contributed by atoms with Gasteiger partial charge in [-0.25, -0.2) is 0 Å². The van der Waals surface area contributed by atoms with E-state index in [9.17, 15) is 4.79 Å². The number of aromatic nitrogens is 1. The normalized spacial score (nSPS) is 10.8. The van der Waals surface area contributed by atoms with Gasteiger partial charge in [0.15, 0.2) is 0 Å². The van der Waals surface area contributed by atoms with Crippen molar-refractivity contribution in [2.75, 3.05) is 0 Å². The fourth-order valence-electron chi connectivity index (χ4n) is 2.53. The molecule has 3 aromatic rings. The molecular weight excluding hydrogens is 298 g/mol. The number of para-hydroxylation sites is 1. The van der Waals surface area contributed by atoms with Crippen LogP contribution in [0, 0.1) is 0 Å². The predicted molar refractivity (Wildman–Crippen MR) is 88.0 cm³/mol. The number of carbonyl (C=O) groups excluding carboxylic acids is 1. The van der Waals surface area contributed by atoms with Gasteiger partial charge in [-0.1, -0.05) is 41.9 Å². The molecule has 4 heteroatoms. The quantitative estimate of drug-likeness (QED) is 0.668. The molecule has 0 aliphatic rings. The molecule has 0 aliphatic heterocycles. The fourth-order valence-corrected chi connectivity index (χ4v) is 2.66. The zero-order chi connectivity index (χ0) is 15.5. The number of esters is 1. The molecule has 3 nitrogen and oxygen atoms in total. The van der Waals surface area contributed by atoms with Crippen LogP contribution >= 0.6 is 11.6 Å². The van der Waals surface area contributed by atoms with Gasteiger partial charge < -0.3 is 9.30 Å². The lowest BCUT2D eigenvalue weighted by Gasteiger charge is -2.05. The molecule has 1 aromatic heterocycles. The molecule has 0 saturated carbocycles. The smallest absolute Gasteiger partial charge is 0.302 e. The Balaban J connectivity index is 1.95. The Kier molecular flexibility index (Phi) is 4.16. The van der Waals surface area contributed by atoms with Gasteiger partial charge in [0.2, 0.25) is 0 Å². The Morgan fingerprint density at radius 1 is 1.14 bits per heavy atom. The summed E-state index contributed by atoms with van der Waals surface area (Å²) in [7, 11) is 0. The number of benzene rings is 2. The van der Waals surface area contributed by atoms with Crippen molar-refractivity contribution in [3.8, 4) is 0 Å². The molecule has 0 fully saturated rings. The van der Waals surface area contributed by atoms with Gasteiger partial charge in [-0.2, -0.15) is 0 Å². The molecule has 0 radical (unpaired) electrons. The van der Waals surface area contributed by atoms with Crippen LogP contribution in [-0.4, -0.2) is 10.5 Å². The summed E-state index contributed by atoms with van der Waals surface area (Å²) in [6.45, 7) is 2.47. The Bertz CT molecular complexity index is 806. The maximum Gasteiger partial charge on any atom is 0.302 e. The van der Waals surface area contributed by atoms with E-state index >= 15 is 0 Å². The van der Waals surface area contributed by atoms with E-state index in [0.717, 1.165) is 28.0 Å². The summed E-state index contributed by atoms with van der Waals surface area (Å²) in [6.07, 6.45) is 2.04. The highest BCUT2D eigenvalue weighted by Gasteiger charge is 2.09. The summed E-state index contributed by atoms with van der Waals surface area (Å²) in [5, 5.41) is 1.84. The monoisotopic (exact) mass is 313 g/mol. The second-order valence-electron chi connectivity index (χ2n) is 5.21. The molecule has 112 valence electrons. The van der Waals surface area contributed by atoms with E-state index in [1.165, 1.54) is 12.5 Å². The SMILES string of the molecule is CC(=O)OCc1cn(Cc2ccc(Cl)cc2)c2ccccc12. The van der Waals surface area contributed by atoms with Crippen LogP contribution in [0.15, 0.2) is 54.7 Å². The van der Waals surface area contributed by atoms with Crippen LogP contribution in [0.1, 0.15) is 18.1 Å². The van der Waals surface area contributed by atoms with Crippen LogP contribution in [-0.2, 0) is 22.7 Å². The fraction of sp³-hybridized carbons (Fsp3) is 0.167. The van der Waals surface area contributed by atoms with Gasteiger partial charge >= 0.3 is 5.97 Å². The van der Waals surface area contributed by atoms with Crippen molar-refractivity contribution >= 4 is 28.5 Å². The van der Waals surface area contributed by atoms with E-state index in [0.29, 0.717) is 6.61 Å². The average Bonchev–Trinajstić information content (AvgIpc) is 2.86. The maximum atomic E-state index is 11.0. The highest BCUT2D eigenvalue weighted by molar-refractivity contribution is 6.30. The third-order valence-corrected chi connectivity index (χ3v) is 3.82. The maximum absolute atomic E-state index is 11.0. The van der Waals surface area contributed by atoms with Gasteiger partial charge in [0.1, 0.15) is 6.61 Å². The summed E-state index contributed by atoms with van der Waals surface area (Å²) < 4.78 is 7.31. The van der Waals surface area contributed by atoms with E-state index in [-0.39, 0.29) is 5.97 Å². The molecule has 0 amide bonds. The van der Waals surface area contributed by atoms with E-state index in [1.54, 1.807) is 0 Å². The van der Waals surface area contributed by atoms with Gasteiger partial charge in [0.05, 0.1) is 0 Å². The number of carbonyl (C=O) groups is 1. The summed E-state index contributed by atoms with van der Waals surface area (Å²) >= 11 is 5.93. The largest absolute Gasteiger partial charge is 0.461 e. The molecular formula is C18H16ClNO2. The Labute approximate surface area is 134 Å². The van der Waals surface area contributed by atoms with Crippen LogP contribution < -0.4 is 0 Å². The molecule has 3 rings (SSSR count). The zero-order valence-corrected chi connectivity index (χ0v) is 13.0. The third kappa shape index (κ3) is 3.15. The molecule has 0 N–H and O–H groups in total. The average molecular weight is 314 g/mol. The highest BCUT2D eigenvalue weighted by atomic mass is 35.5. The Morgan fingerprint density at radius 2 is 1.86 bits per heavy atom. The Morgan fingerprint density at radius 3 is 2.59 bits per heavy atom. The third-order valence-electron chi connectivity index (χ3n) is 3.57. The minimum atomic E-state index is -0.269. The van der Waals surface area contributed by atoms with Crippen LogP contribution in [0.3, 0.4) is 0 Å². The van der Waals surface area contributed by atoms with Gasteiger partial charge in [-0.05, 0) is 23.8 Å². The van der Waals surface area contributed by atoms with Crippen molar-refractivity contribution in [2.24, 2.45) is 0 Å². The number of rotatable bonds is 4. The van der Waals surface area contributed by atoms with E-state index in [1.807, 2.05) is 48.7 Å². The minimum absolute atomic E-state index is 0.269. The first-order valence-electron chi connectivity index (χ1n) is 7.08. The van der Waals surface area contributed by atoms with Crippen LogP contribution in [0.25, 0.3) is 10.9 Å². The minimum Gasteiger partial charge on any atom is -0.461 e. The first-order valence-corrected chi connectivity index (χ1v) is 7.46. The van der Waals surface area contributed by atoms with Crippen LogP contribution in [0.4, 0.5) is 0 Å². The van der Waals surface area contributed by atoms with Crippen molar-refractivity contribution in [3.63, 3.8) is 0 Å². The number of nitrogens with zero attached hydrogens (tertiary/aromatic N) is 1. The van der Waals surface area contributed by atoms with Crippen molar-refractivity contribution < 1.29 is 9.53 Å². The summed E-state index contributed by atoms with van der Waals surface area (Å²) in [5.74, 6) is -0.269. The Hall–Kier alpha value is -2.26. The number of ether oxygens (including phenoxy) is 1. The van der Waals surface area contributed by atoms with Crippen molar-refractivity contribution in [1.82, 2.24) is 4.57 Å². The summed E-state index contributed by atoms with van der Waals surface area (Å²) in [4.78, 5) is 11.0. The highest BCUT2D eigenvalue weighted by Crippen LogP contribution is 2.23. The molecule has 0 saturated heterocycles. The standard InChI is InChI=1S/C18H16ClNO2/c1-13(21)22-12-15-11-20(18-5-3-2-4-17(15)18)10-14-6-8-16(19)9-7-14/h2-9,11H,10,12H2,1H3. The molecule has 2 aromatic carbocycles. The number of halogens is 1. The van der Waals surface area contributed by atoms with Crippen molar-refractivity contribution in [1.29, 1.82) is 0 Å². The van der Waals surface area contributed by atoms with Crippen LogP contribution in [0.2, 0.25) is 5.02 Å².